The van der Waals surface area contributed by atoms with Crippen molar-refractivity contribution in [2.24, 2.45) is 11.8 Å². The molecular weight excluding hydrogens is 164 g/mol. The summed E-state index contributed by atoms with van der Waals surface area (Å²) in [7, 11) is 0. The lowest BCUT2D eigenvalue weighted by Gasteiger charge is -2.13. The first kappa shape index (κ1) is 11.0. The Balaban J connectivity index is 2.17. The molecule has 2 heteroatoms. The summed E-state index contributed by atoms with van der Waals surface area (Å²) in [4.78, 5) is 0. The molecule has 1 heterocycles. The molecular formula is C11H22O2. The van der Waals surface area contributed by atoms with Gasteiger partial charge in [-0.25, -0.2) is 0 Å². The van der Waals surface area contributed by atoms with Gasteiger partial charge >= 0.3 is 0 Å². The molecule has 0 aromatic heterocycles. The van der Waals surface area contributed by atoms with Crippen LogP contribution in [0.15, 0.2) is 0 Å². The molecule has 0 radical (unpaired) electrons. The van der Waals surface area contributed by atoms with Gasteiger partial charge in [-0.3, -0.25) is 0 Å². The van der Waals surface area contributed by atoms with Gasteiger partial charge in [0.1, 0.15) is 0 Å². The first-order valence-electron chi connectivity index (χ1n) is 5.32. The lowest BCUT2D eigenvalue weighted by atomic mass is 9.93. The van der Waals surface area contributed by atoms with Crippen LogP contribution >= 0.6 is 0 Å². The second-order valence-corrected chi connectivity index (χ2v) is 4.58. The maximum atomic E-state index is 5.65. The summed E-state index contributed by atoms with van der Waals surface area (Å²) in [5, 5.41) is 0. The molecule has 0 saturated carbocycles. The van der Waals surface area contributed by atoms with E-state index in [1.807, 2.05) is 0 Å². The monoisotopic (exact) mass is 186 g/mol. The molecule has 0 amide bonds. The van der Waals surface area contributed by atoms with Gasteiger partial charge in [0.25, 0.3) is 0 Å². The minimum atomic E-state index is 0.321. The van der Waals surface area contributed by atoms with E-state index in [4.69, 9.17) is 9.47 Å². The Morgan fingerprint density at radius 1 is 1.31 bits per heavy atom. The average molecular weight is 186 g/mol. The van der Waals surface area contributed by atoms with Gasteiger partial charge in [0.05, 0.1) is 25.4 Å². The van der Waals surface area contributed by atoms with Crippen LogP contribution in [-0.2, 0) is 9.47 Å². The van der Waals surface area contributed by atoms with Crippen LogP contribution in [0, 0.1) is 11.8 Å². The lowest BCUT2D eigenvalue weighted by molar-refractivity contribution is -0.00817. The summed E-state index contributed by atoms with van der Waals surface area (Å²) >= 11 is 0. The van der Waals surface area contributed by atoms with Gasteiger partial charge in [-0.15, -0.1) is 0 Å². The van der Waals surface area contributed by atoms with Crippen molar-refractivity contribution in [2.75, 3.05) is 13.2 Å². The highest BCUT2D eigenvalue weighted by Crippen LogP contribution is 2.26. The molecule has 1 aliphatic heterocycles. The second kappa shape index (κ2) is 4.97. The van der Waals surface area contributed by atoms with Crippen LogP contribution in [0.4, 0.5) is 0 Å². The van der Waals surface area contributed by atoms with Crippen molar-refractivity contribution in [1.29, 1.82) is 0 Å². The molecule has 2 atom stereocenters. The molecule has 0 aromatic carbocycles. The van der Waals surface area contributed by atoms with E-state index in [1.165, 1.54) is 6.42 Å². The Bertz CT molecular complexity index is 143. The Morgan fingerprint density at radius 3 is 2.46 bits per heavy atom. The molecule has 0 aliphatic carbocycles. The van der Waals surface area contributed by atoms with Crippen molar-refractivity contribution in [3.63, 3.8) is 0 Å². The molecule has 1 fully saturated rings. The molecule has 0 aromatic rings. The molecule has 1 rings (SSSR count). The summed E-state index contributed by atoms with van der Waals surface area (Å²) in [6, 6.07) is 0. The van der Waals surface area contributed by atoms with Crippen molar-refractivity contribution >= 4 is 0 Å². The maximum Gasteiger partial charge on any atom is 0.0812 e. The van der Waals surface area contributed by atoms with E-state index in [1.54, 1.807) is 0 Å². The largest absolute Gasteiger partial charge is 0.376 e. The maximum absolute atomic E-state index is 5.65. The van der Waals surface area contributed by atoms with E-state index in [0.717, 1.165) is 25.0 Å². The zero-order valence-electron chi connectivity index (χ0n) is 9.25. The Kier molecular flexibility index (Phi) is 4.20. The fourth-order valence-corrected chi connectivity index (χ4v) is 1.61. The Hall–Kier alpha value is -0.0800. The predicted molar refractivity (Wildman–Crippen MR) is 53.8 cm³/mol. The number of hydrogen-bond donors (Lipinski definition) is 0. The van der Waals surface area contributed by atoms with Crippen molar-refractivity contribution in [3.05, 3.63) is 0 Å². The zero-order valence-corrected chi connectivity index (χ0v) is 9.25. The summed E-state index contributed by atoms with van der Waals surface area (Å²) < 4.78 is 11.2. The van der Waals surface area contributed by atoms with Crippen LogP contribution < -0.4 is 0 Å². The van der Waals surface area contributed by atoms with Crippen LogP contribution in [0.2, 0.25) is 0 Å². The van der Waals surface area contributed by atoms with Gasteiger partial charge < -0.3 is 9.47 Å². The number of hydrogen-bond acceptors (Lipinski definition) is 2. The highest BCUT2D eigenvalue weighted by atomic mass is 16.5. The molecule has 0 unspecified atom stereocenters. The normalized spacial score (nSPS) is 29.1. The third-order valence-corrected chi connectivity index (χ3v) is 2.67. The molecule has 13 heavy (non-hydrogen) atoms. The summed E-state index contributed by atoms with van der Waals surface area (Å²) in [6.07, 6.45) is 1.83. The van der Waals surface area contributed by atoms with Crippen LogP contribution in [0.5, 0.6) is 0 Å². The van der Waals surface area contributed by atoms with E-state index < -0.39 is 0 Å². The Morgan fingerprint density at radius 2 is 2.00 bits per heavy atom. The van der Waals surface area contributed by atoms with Crippen LogP contribution in [0.25, 0.3) is 0 Å². The first-order chi connectivity index (χ1) is 6.09. The molecule has 78 valence electrons. The smallest absolute Gasteiger partial charge is 0.0812 e. The molecule has 2 nitrogen and oxygen atoms in total. The quantitative estimate of drug-likeness (QED) is 0.671. The fraction of sp³-hybridized carbons (Fsp3) is 1.00. The van der Waals surface area contributed by atoms with E-state index in [2.05, 4.69) is 27.7 Å². The molecule has 0 spiro atoms. The van der Waals surface area contributed by atoms with Gasteiger partial charge in [0, 0.05) is 0 Å². The zero-order chi connectivity index (χ0) is 9.84. The van der Waals surface area contributed by atoms with Gasteiger partial charge in [0.15, 0.2) is 0 Å². The molecule has 1 saturated heterocycles. The first-order valence-corrected chi connectivity index (χ1v) is 5.32. The van der Waals surface area contributed by atoms with E-state index in [-0.39, 0.29) is 0 Å². The van der Waals surface area contributed by atoms with Crippen molar-refractivity contribution < 1.29 is 9.47 Å². The third kappa shape index (κ3) is 3.65. The van der Waals surface area contributed by atoms with Crippen molar-refractivity contribution in [1.82, 2.24) is 0 Å². The number of ether oxygens (including phenoxy) is 2. The van der Waals surface area contributed by atoms with Gasteiger partial charge in [-0.1, -0.05) is 13.8 Å². The average Bonchev–Trinajstić information content (AvgIpc) is 2.48. The summed E-state index contributed by atoms with van der Waals surface area (Å²) in [6.45, 7) is 10.3. The topological polar surface area (TPSA) is 18.5 Å². The summed E-state index contributed by atoms with van der Waals surface area (Å²) in [5.74, 6) is 1.48. The van der Waals surface area contributed by atoms with Gasteiger partial charge in [-0.2, -0.15) is 0 Å². The third-order valence-electron chi connectivity index (χ3n) is 2.67. The highest BCUT2D eigenvalue weighted by molar-refractivity contribution is 4.75. The van der Waals surface area contributed by atoms with E-state index >= 15 is 0 Å². The van der Waals surface area contributed by atoms with Gasteiger partial charge in [0.2, 0.25) is 0 Å². The number of rotatable bonds is 4. The second-order valence-electron chi connectivity index (χ2n) is 4.58. The predicted octanol–water partition coefficient (Wildman–Crippen LogP) is 2.47. The standard InChI is InChI=1S/C11H22O2/c1-8(2)10-5-11(13-6-10)7-12-9(3)4/h8-11H,5-7H2,1-4H3/t10-,11+/m0/s1. The van der Waals surface area contributed by atoms with Crippen LogP contribution in [0.1, 0.15) is 34.1 Å². The van der Waals surface area contributed by atoms with Crippen molar-refractivity contribution in [2.45, 2.75) is 46.3 Å². The van der Waals surface area contributed by atoms with E-state index in [0.29, 0.717) is 12.2 Å². The minimum Gasteiger partial charge on any atom is -0.376 e. The summed E-state index contributed by atoms with van der Waals surface area (Å²) in [5.41, 5.74) is 0. The van der Waals surface area contributed by atoms with Gasteiger partial charge in [-0.05, 0) is 32.1 Å². The SMILES string of the molecule is CC(C)OC[C@H]1C[C@H](C(C)C)CO1. The molecule has 0 bridgehead atoms. The van der Waals surface area contributed by atoms with Crippen LogP contribution in [0.3, 0.4) is 0 Å². The Labute approximate surface area is 81.6 Å². The van der Waals surface area contributed by atoms with Crippen LogP contribution in [-0.4, -0.2) is 25.4 Å². The highest BCUT2D eigenvalue weighted by Gasteiger charge is 2.27. The molecule has 1 aliphatic rings. The molecule has 0 N–H and O–H groups in total. The fourth-order valence-electron chi connectivity index (χ4n) is 1.61. The lowest BCUT2D eigenvalue weighted by Crippen LogP contribution is -2.18. The van der Waals surface area contributed by atoms with E-state index in [9.17, 15) is 0 Å². The van der Waals surface area contributed by atoms with Crippen molar-refractivity contribution in [3.8, 4) is 0 Å². The minimum absolute atomic E-state index is 0.321.